The van der Waals surface area contributed by atoms with Crippen molar-refractivity contribution in [1.29, 1.82) is 0 Å². The molecule has 0 spiro atoms. The molecule has 122 valence electrons. The fourth-order valence-electron chi connectivity index (χ4n) is 2.57. The molecule has 0 aliphatic heterocycles. The zero-order valence-electron chi connectivity index (χ0n) is 13.7. The molecule has 0 saturated carbocycles. The Balaban J connectivity index is 1.94. The molecule has 0 unspecified atom stereocenters. The van der Waals surface area contributed by atoms with E-state index in [4.69, 9.17) is 0 Å². The van der Waals surface area contributed by atoms with E-state index < -0.39 is 0 Å². The molecule has 2 aromatic rings. The Kier molecular flexibility index (Phi) is 6.15. The first-order chi connectivity index (χ1) is 11.2. The van der Waals surface area contributed by atoms with Gasteiger partial charge in [0.25, 0.3) is 0 Å². The SMILES string of the molecule is CCc1cccc(CC)c1NC(=O)NCCc1ccccc1F. The van der Waals surface area contributed by atoms with Gasteiger partial charge in [0.1, 0.15) is 5.82 Å². The highest BCUT2D eigenvalue weighted by molar-refractivity contribution is 5.91. The number of halogens is 1. The summed E-state index contributed by atoms with van der Waals surface area (Å²) in [6, 6.07) is 12.4. The predicted octanol–water partition coefficient (Wildman–Crippen LogP) is 4.31. The largest absolute Gasteiger partial charge is 0.338 e. The van der Waals surface area contributed by atoms with Gasteiger partial charge in [-0.15, -0.1) is 0 Å². The Morgan fingerprint density at radius 3 is 2.17 bits per heavy atom. The summed E-state index contributed by atoms with van der Waals surface area (Å²) in [5.41, 5.74) is 3.74. The first-order valence-electron chi connectivity index (χ1n) is 8.04. The number of nitrogens with one attached hydrogen (secondary N) is 2. The Labute approximate surface area is 136 Å². The predicted molar refractivity (Wildman–Crippen MR) is 92.3 cm³/mol. The zero-order valence-corrected chi connectivity index (χ0v) is 13.7. The summed E-state index contributed by atoms with van der Waals surface area (Å²) in [6.45, 7) is 4.52. The molecule has 0 bridgehead atoms. The van der Waals surface area contributed by atoms with Crippen LogP contribution in [0.5, 0.6) is 0 Å². The average molecular weight is 314 g/mol. The number of benzene rings is 2. The summed E-state index contributed by atoms with van der Waals surface area (Å²) >= 11 is 0. The van der Waals surface area contributed by atoms with Gasteiger partial charge in [0.2, 0.25) is 0 Å². The summed E-state index contributed by atoms with van der Waals surface area (Å²) in [5, 5.41) is 5.73. The molecule has 3 nitrogen and oxygen atoms in total. The molecule has 0 aliphatic rings. The molecule has 2 aromatic carbocycles. The van der Waals surface area contributed by atoms with Crippen LogP contribution in [0.3, 0.4) is 0 Å². The summed E-state index contributed by atoms with van der Waals surface area (Å²) in [6.07, 6.45) is 2.19. The van der Waals surface area contributed by atoms with Gasteiger partial charge in [0, 0.05) is 12.2 Å². The summed E-state index contributed by atoms with van der Waals surface area (Å²) in [5.74, 6) is -0.237. The molecule has 4 heteroatoms. The lowest BCUT2D eigenvalue weighted by Crippen LogP contribution is -2.31. The number of urea groups is 1. The molecule has 0 saturated heterocycles. The van der Waals surface area contributed by atoms with E-state index in [1.807, 2.05) is 18.2 Å². The number of carbonyl (C=O) groups excluding carboxylic acids is 1. The fourth-order valence-corrected chi connectivity index (χ4v) is 2.57. The minimum Gasteiger partial charge on any atom is -0.338 e. The molecular formula is C19H23FN2O. The lowest BCUT2D eigenvalue weighted by atomic mass is 10.0. The van der Waals surface area contributed by atoms with Gasteiger partial charge in [-0.1, -0.05) is 50.2 Å². The molecule has 2 amide bonds. The van der Waals surface area contributed by atoms with Crippen LogP contribution in [0.4, 0.5) is 14.9 Å². The van der Waals surface area contributed by atoms with Gasteiger partial charge in [-0.25, -0.2) is 9.18 Å². The number of hydrogen-bond donors (Lipinski definition) is 2. The lowest BCUT2D eigenvalue weighted by molar-refractivity contribution is 0.252. The second-order valence-electron chi connectivity index (χ2n) is 5.38. The van der Waals surface area contributed by atoms with Crippen molar-refractivity contribution >= 4 is 11.7 Å². The van der Waals surface area contributed by atoms with E-state index in [0.29, 0.717) is 18.5 Å². The van der Waals surface area contributed by atoms with E-state index >= 15 is 0 Å². The van der Waals surface area contributed by atoms with Crippen LogP contribution in [0.15, 0.2) is 42.5 Å². The van der Waals surface area contributed by atoms with Gasteiger partial charge in [0.15, 0.2) is 0 Å². The second kappa shape index (κ2) is 8.32. The monoisotopic (exact) mass is 314 g/mol. The van der Waals surface area contributed by atoms with Crippen molar-refractivity contribution in [2.75, 3.05) is 11.9 Å². The first kappa shape index (κ1) is 17.0. The average Bonchev–Trinajstić information content (AvgIpc) is 2.56. The highest BCUT2D eigenvalue weighted by atomic mass is 19.1. The van der Waals surface area contributed by atoms with Gasteiger partial charge in [-0.05, 0) is 42.0 Å². The van der Waals surface area contributed by atoms with E-state index in [-0.39, 0.29) is 11.8 Å². The summed E-state index contributed by atoms with van der Waals surface area (Å²) < 4.78 is 13.5. The quantitative estimate of drug-likeness (QED) is 0.819. The normalized spacial score (nSPS) is 10.4. The van der Waals surface area contributed by atoms with Crippen LogP contribution in [0.1, 0.15) is 30.5 Å². The lowest BCUT2D eigenvalue weighted by Gasteiger charge is -2.15. The van der Waals surface area contributed by atoms with Gasteiger partial charge in [-0.3, -0.25) is 0 Å². The molecule has 0 radical (unpaired) electrons. The fraction of sp³-hybridized carbons (Fsp3) is 0.316. The third-order valence-electron chi connectivity index (χ3n) is 3.88. The van der Waals surface area contributed by atoms with Crippen molar-refractivity contribution in [1.82, 2.24) is 5.32 Å². The molecule has 0 aromatic heterocycles. The maximum atomic E-state index is 13.5. The van der Waals surface area contributed by atoms with Gasteiger partial charge < -0.3 is 10.6 Å². The molecule has 0 heterocycles. The molecule has 0 fully saturated rings. The van der Waals surface area contributed by atoms with E-state index in [0.717, 1.165) is 29.7 Å². The van der Waals surface area contributed by atoms with E-state index in [1.165, 1.54) is 6.07 Å². The van der Waals surface area contributed by atoms with Crippen molar-refractivity contribution in [2.24, 2.45) is 0 Å². The minimum absolute atomic E-state index is 0.237. The second-order valence-corrected chi connectivity index (χ2v) is 5.38. The van der Waals surface area contributed by atoms with Crippen LogP contribution in [0, 0.1) is 5.82 Å². The number of hydrogen-bond acceptors (Lipinski definition) is 1. The zero-order chi connectivity index (χ0) is 16.7. The van der Waals surface area contributed by atoms with Gasteiger partial charge >= 0.3 is 6.03 Å². The van der Waals surface area contributed by atoms with Crippen molar-refractivity contribution in [3.8, 4) is 0 Å². The highest BCUT2D eigenvalue weighted by Crippen LogP contribution is 2.22. The van der Waals surface area contributed by atoms with Crippen molar-refractivity contribution in [3.05, 3.63) is 65.0 Å². The van der Waals surface area contributed by atoms with Gasteiger partial charge in [-0.2, -0.15) is 0 Å². The first-order valence-corrected chi connectivity index (χ1v) is 8.04. The van der Waals surface area contributed by atoms with Crippen molar-refractivity contribution in [2.45, 2.75) is 33.1 Å². The maximum Gasteiger partial charge on any atom is 0.319 e. The molecular weight excluding hydrogens is 291 g/mol. The molecule has 0 atom stereocenters. The summed E-state index contributed by atoms with van der Waals surface area (Å²) in [7, 11) is 0. The maximum absolute atomic E-state index is 13.5. The standard InChI is InChI=1S/C19H23FN2O/c1-3-14-9-7-10-15(4-2)18(14)22-19(23)21-13-12-16-8-5-6-11-17(16)20/h5-11H,3-4,12-13H2,1-2H3,(H2,21,22,23). The third kappa shape index (κ3) is 4.55. The Hall–Kier alpha value is -2.36. The van der Waals surface area contributed by atoms with Crippen LogP contribution < -0.4 is 10.6 Å². The Morgan fingerprint density at radius 2 is 1.57 bits per heavy atom. The van der Waals surface area contributed by atoms with E-state index in [9.17, 15) is 9.18 Å². The number of para-hydroxylation sites is 1. The van der Waals surface area contributed by atoms with Crippen LogP contribution in [-0.2, 0) is 19.3 Å². The smallest absolute Gasteiger partial charge is 0.319 e. The highest BCUT2D eigenvalue weighted by Gasteiger charge is 2.09. The summed E-state index contributed by atoms with van der Waals surface area (Å²) in [4.78, 5) is 12.1. The van der Waals surface area contributed by atoms with Crippen LogP contribution in [0.25, 0.3) is 0 Å². The molecule has 2 N–H and O–H groups in total. The van der Waals surface area contributed by atoms with Gasteiger partial charge in [0.05, 0.1) is 0 Å². The number of rotatable bonds is 6. The number of anilines is 1. The molecule has 23 heavy (non-hydrogen) atoms. The van der Waals surface area contributed by atoms with Crippen LogP contribution >= 0.6 is 0 Å². The number of aryl methyl sites for hydroxylation is 2. The third-order valence-corrected chi connectivity index (χ3v) is 3.88. The van der Waals surface area contributed by atoms with Crippen molar-refractivity contribution < 1.29 is 9.18 Å². The topological polar surface area (TPSA) is 41.1 Å². The number of carbonyl (C=O) groups is 1. The number of amides is 2. The molecule has 2 rings (SSSR count). The minimum atomic E-state index is -0.253. The Bertz CT molecular complexity index is 648. The Morgan fingerprint density at radius 1 is 0.957 bits per heavy atom. The van der Waals surface area contributed by atoms with Crippen LogP contribution in [0.2, 0.25) is 0 Å². The molecule has 0 aliphatic carbocycles. The van der Waals surface area contributed by atoms with E-state index in [1.54, 1.807) is 18.2 Å². The van der Waals surface area contributed by atoms with Crippen molar-refractivity contribution in [3.63, 3.8) is 0 Å². The van der Waals surface area contributed by atoms with E-state index in [2.05, 4.69) is 24.5 Å². The van der Waals surface area contributed by atoms with Crippen LogP contribution in [-0.4, -0.2) is 12.6 Å².